The van der Waals surface area contributed by atoms with Gasteiger partial charge in [0.2, 0.25) is 0 Å². The fourth-order valence-electron chi connectivity index (χ4n) is 1.33. The third kappa shape index (κ3) is 3.41. The van der Waals surface area contributed by atoms with Crippen molar-refractivity contribution in [3.63, 3.8) is 0 Å². The van der Waals surface area contributed by atoms with Crippen LogP contribution in [0.15, 0.2) is 24.3 Å². The zero-order chi connectivity index (χ0) is 12.8. The van der Waals surface area contributed by atoms with Crippen molar-refractivity contribution in [1.29, 1.82) is 0 Å². The van der Waals surface area contributed by atoms with Crippen LogP contribution in [0.5, 0.6) is 0 Å². The number of hydrogen-bond donors (Lipinski definition) is 0. The number of methoxy groups -OCH3 is 1. The van der Waals surface area contributed by atoms with Crippen LogP contribution in [0.4, 0.5) is 5.69 Å². The maximum Gasteiger partial charge on any atom is 0.330 e. The molecular formula is C12H13NO4. The first kappa shape index (κ1) is 12.9. The first-order valence-electron chi connectivity index (χ1n) is 5.11. The van der Waals surface area contributed by atoms with Crippen LogP contribution < -0.4 is 0 Å². The number of nitro groups is 1. The molecule has 0 saturated carbocycles. The summed E-state index contributed by atoms with van der Waals surface area (Å²) in [4.78, 5) is 21.3. The Bertz CT molecular complexity index is 466. The molecule has 0 fully saturated rings. The molecule has 0 bridgehead atoms. The number of aryl methyl sites for hydroxylation is 1. The van der Waals surface area contributed by atoms with E-state index >= 15 is 0 Å². The number of nitrogens with zero attached hydrogens (tertiary/aromatic N) is 1. The van der Waals surface area contributed by atoms with Crippen LogP contribution in [0.3, 0.4) is 0 Å². The fourth-order valence-corrected chi connectivity index (χ4v) is 1.33. The van der Waals surface area contributed by atoms with E-state index in [-0.39, 0.29) is 5.69 Å². The SMILES string of the molecule is CCc1ccc(/C=C/C(=O)OC)c([N+](=O)[O-])c1. The van der Waals surface area contributed by atoms with Crippen LogP contribution in [0.1, 0.15) is 18.1 Å². The summed E-state index contributed by atoms with van der Waals surface area (Å²) in [6.07, 6.45) is 3.26. The van der Waals surface area contributed by atoms with Gasteiger partial charge in [-0.1, -0.05) is 13.0 Å². The number of nitro benzene ring substituents is 1. The molecule has 90 valence electrons. The topological polar surface area (TPSA) is 69.4 Å². The molecule has 0 N–H and O–H groups in total. The number of carbonyl (C=O) groups excluding carboxylic acids is 1. The number of rotatable bonds is 4. The van der Waals surface area contributed by atoms with Crippen LogP contribution in [0, 0.1) is 10.1 Å². The van der Waals surface area contributed by atoms with Gasteiger partial charge in [-0.05, 0) is 24.1 Å². The third-order valence-corrected chi connectivity index (χ3v) is 2.30. The molecule has 1 aromatic carbocycles. The zero-order valence-electron chi connectivity index (χ0n) is 9.67. The molecule has 0 aliphatic rings. The molecule has 0 aromatic heterocycles. The maximum atomic E-state index is 10.9. The molecule has 5 nitrogen and oxygen atoms in total. The first-order chi connectivity index (χ1) is 8.08. The maximum absolute atomic E-state index is 10.9. The smallest absolute Gasteiger partial charge is 0.330 e. The summed E-state index contributed by atoms with van der Waals surface area (Å²) in [5.41, 5.74) is 1.26. The molecule has 0 amide bonds. The average molecular weight is 235 g/mol. The molecule has 0 radical (unpaired) electrons. The number of hydrogen-bond acceptors (Lipinski definition) is 4. The second kappa shape index (κ2) is 5.79. The summed E-state index contributed by atoms with van der Waals surface area (Å²) in [5, 5.41) is 10.9. The van der Waals surface area contributed by atoms with Gasteiger partial charge in [0.05, 0.1) is 17.6 Å². The Morgan fingerprint density at radius 1 is 1.53 bits per heavy atom. The summed E-state index contributed by atoms with van der Waals surface area (Å²) in [6.45, 7) is 1.92. The number of esters is 1. The number of carbonyl (C=O) groups is 1. The highest BCUT2D eigenvalue weighted by atomic mass is 16.6. The monoisotopic (exact) mass is 235 g/mol. The Morgan fingerprint density at radius 2 is 2.24 bits per heavy atom. The van der Waals surface area contributed by atoms with E-state index in [1.54, 1.807) is 12.1 Å². The van der Waals surface area contributed by atoms with Crippen molar-refractivity contribution in [3.05, 3.63) is 45.5 Å². The van der Waals surface area contributed by atoms with Crippen LogP contribution in [0.25, 0.3) is 6.08 Å². The van der Waals surface area contributed by atoms with Gasteiger partial charge in [-0.2, -0.15) is 0 Å². The highest BCUT2D eigenvalue weighted by molar-refractivity contribution is 5.87. The van der Waals surface area contributed by atoms with Gasteiger partial charge in [0.25, 0.3) is 5.69 Å². The van der Waals surface area contributed by atoms with Crippen molar-refractivity contribution in [2.45, 2.75) is 13.3 Å². The zero-order valence-corrected chi connectivity index (χ0v) is 9.67. The van der Waals surface area contributed by atoms with E-state index in [9.17, 15) is 14.9 Å². The second-order valence-electron chi connectivity index (χ2n) is 3.36. The van der Waals surface area contributed by atoms with Gasteiger partial charge in [0, 0.05) is 12.1 Å². The Labute approximate surface area is 98.9 Å². The van der Waals surface area contributed by atoms with Gasteiger partial charge in [-0.25, -0.2) is 4.79 Å². The fraction of sp³-hybridized carbons (Fsp3) is 0.250. The lowest BCUT2D eigenvalue weighted by Gasteiger charge is -2.00. The van der Waals surface area contributed by atoms with Gasteiger partial charge in [0.1, 0.15) is 0 Å². The highest BCUT2D eigenvalue weighted by Crippen LogP contribution is 2.22. The van der Waals surface area contributed by atoms with Gasteiger partial charge in [-0.15, -0.1) is 0 Å². The second-order valence-corrected chi connectivity index (χ2v) is 3.36. The normalized spacial score (nSPS) is 10.5. The Hall–Kier alpha value is -2.17. The molecule has 0 aliphatic heterocycles. The number of benzene rings is 1. The summed E-state index contributed by atoms with van der Waals surface area (Å²) >= 11 is 0. The number of ether oxygens (including phenoxy) is 1. The van der Waals surface area contributed by atoms with Gasteiger partial charge in [0.15, 0.2) is 0 Å². The lowest BCUT2D eigenvalue weighted by molar-refractivity contribution is -0.385. The summed E-state index contributed by atoms with van der Waals surface area (Å²) in [7, 11) is 1.25. The quantitative estimate of drug-likeness (QED) is 0.347. The van der Waals surface area contributed by atoms with Crippen molar-refractivity contribution in [2.75, 3.05) is 7.11 Å². The van der Waals surface area contributed by atoms with Crippen molar-refractivity contribution in [2.24, 2.45) is 0 Å². The van der Waals surface area contributed by atoms with E-state index in [0.717, 1.165) is 18.1 Å². The minimum atomic E-state index is -0.543. The average Bonchev–Trinajstić information content (AvgIpc) is 2.35. The molecule has 0 atom stereocenters. The lowest BCUT2D eigenvalue weighted by atomic mass is 10.1. The van der Waals surface area contributed by atoms with Gasteiger partial charge < -0.3 is 4.74 Å². The Balaban J connectivity index is 3.11. The molecule has 0 spiro atoms. The van der Waals surface area contributed by atoms with Gasteiger partial charge in [-0.3, -0.25) is 10.1 Å². The summed E-state index contributed by atoms with van der Waals surface area (Å²) in [6, 6.07) is 4.93. The van der Waals surface area contributed by atoms with Gasteiger partial charge >= 0.3 is 5.97 Å². The molecule has 1 aromatic rings. The van der Waals surface area contributed by atoms with E-state index in [0.29, 0.717) is 5.56 Å². The van der Waals surface area contributed by atoms with E-state index in [1.165, 1.54) is 19.3 Å². The van der Waals surface area contributed by atoms with E-state index < -0.39 is 10.9 Å². The standard InChI is InChI=1S/C12H13NO4/c1-3-9-4-5-10(6-7-12(14)17-2)11(8-9)13(15)16/h4-8H,3H2,1-2H3/b7-6+. The Morgan fingerprint density at radius 3 is 2.76 bits per heavy atom. The van der Waals surface area contributed by atoms with Crippen LogP contribution in [-0.2, 0) is 16.0 Å². The largest absolute Gasteiger partial charge is 0.466 e. The van der Waals surface area contributed by atoms with Crippen molar-refractivity contribution >= 4 is 17.7 Å². The Kier molecular flexibility index (Phi) is 4.39. The highest BCUT2D eigenvalue weighted by Gasteiger charge is 2.12. The molecule has 5 heteroatoms. The molecule has 1 rings (SSSR count). The predicted octanol–water partition coefficient (Wildman–Crippen LogP) is 2.34. The molecule has 0 heterocycles. The third-order valence-electron chi connectivity index (χ3n) is 2.30. The van der Waals surface area contributed by atoms with Crippen LogP contribution in [0.2, 0.25) is 0 Å². The summed E-state index contributed by atoms with van der Waals surface area (Å²) in [5.74, 6) is -0.543. The summed E-state index contributed by atoms with van der Waals surface area (Å²) < 4.78 is 4.42. The molecule has 0 aliphatic carbocycles. The van der Waals surface area contributed by atoms with E-state index in [2.05, 4.69) is 4.74 Å². The van der Waals surface area contributed by atoms with E-state index in [1.807, 2.05) is 6.92 Å². The lowest BCUT2D eigenvalue weighted by Crippen LogP contribution is -1.96. The van der Waals surface area contributed by atoms with Crippen molar-refractivity contribution in [3.8, 4) is 0 Å². The van der Waals surface area contributed by atoms with Crippen LogP contribution in [-0.4, -0.2) is 18.0 Å². The minimum absolute atomic E-state index is 0.00972. The molecular weight excluding hydrogens is 222 g/mol. The van der Waals surface area contributed by atoms with Crippen molar-refractivity contribution < 1.29 is 14.5 Å². The first-order valence-corrected chi connectivity index (χ1v) is 5.11. The predicted molar refractivity (Wildman–Crippen MR) is 63.5 cm³/mol. The van der Waals surface area contributed by atoms with Crippen molar-refractivity contribution in [1.82, 2.24) is 0 Å². The molecule has 0 unspecified atom stereocenters. The van der Waals surface area contributed by atoms with E-state index in [4.69, 9.17) is 0 Å². The molecule has 17 heavy (non-hydrogen) atoms. The van der Waals surface area contributed by atoms with Crippen LogP contribution >= 0.6 is 0 Å². The molecule has 0 saturated heterocycles. The minimum Gasteiger partial charge on any atom is -0.466 e.